The molecule has 3 heteroatoms. The van der Waals surface area contributed by atoms with Crippen LogP contribution in [-0.4, -0.2) is 17.8 Å². The lowest BCUT2D eigenvalue weighted by Crippen LogP contribution is -2.31. The first-order valence-electron chi connectivity index (χ1n) is 5.07. The Morgan fingerprint density at radius 2 is 2.31 bits per heavy atom. The van der Waals surface area contributed by atoms with Gasteiger partial charge in [0.15, 0.2) is 0 Å². The van der Waals surface area contributed by atoms with Gasteiger partial charge in [-0.2, -0.15) is 0 Å². The Kier molecular flexibility index (Phi) is 4.04. The van der Waals surface area contributed by atoms with Crippen LogP contribution in [0.2, 0.25) is 0 Å². The van der Waals surface area contributed by atoms with Gasteiger partial charge in [0.25, 0.3) is 0 Å². The van der Waals surface area contributed by atoms with Crippen LogP contribution in [0.25, 0.3) is 0 Å². The van der Waals surface area contributed by atoms with Gasteiger partial charge in [-0.3, -0.25) is 4.79 Å². The molecule has 0 aromatic carbocycles. The summed E-state index contributed by atoms with van der Waals surface area (Å²) in [6, 6.07) is 0. The lowest BCUT2D eigenvalue weighted by atomic mass is 10.2. The minimum Gasteiger partial charge on any atom is -0.354 e. The SMILES string of the molecule is CCCC(Cl)CNC(=O)C1CC1C. The molecule has 1 aliphatic rings. The Labute approximate surface area is 85.0 Å². The van der Waals surface area contributed by atoms with E-state index >= 15 is 0 Å². The van der Waals surface area contributed by atoms with Crippen molar-refractivity contribution in [2.45, 2.75) is 38.5 Å². The van der Waals surface area contributed by atoms with E-state index in [1.54, 1.807) is 0 Å². The van der Waals surface area contributed by atoms with Crippen molar-refractivity contribution in [3.63, 3.8) is 0 Å². The largest absolute Gasteiger partial charge is 0.354 e. The first-order chi connectivity index (χ1) is 6.15. The molecule has 0 radical (unpaired) electrons. The van der Waals surface area contributed by atoms with Crippen molar-refractivity contribution in [2.75, 3.05) is 6.54 Å². The van der Waals surface area contributed by atoms with Crippen LogP contribution in [0.4, 0.5) is 0 Å². The van der Waals surface area contributed by atoms with Crippen molar-refractivity contribution in [1.82, 2.24) is 5.32 Å². The second-order valence-electron chi connectivity index (χ2n) is 3.95. The van der Waals surface area contributed by atoms with E-state index in [-0.39, 0.29) is 17.2 Å². The van der Waals surface area contributed by atoms with E-state index in [0.717, 1.165) is 19.3 Å². The maximum absolute atomic E-state index is 11.4. The van der Waals surface area contributed by atoms with Gasteiger partial charge in [0.05, 0.1) is 5.38 Å². The molecule has 1 amide bonds. The van der Waals surface area contributed by atoms with Gasteiger partial charge in [0.2, 0.25) is 5.91 Å². The number of hydrogen-bond donors (Lipinski definition) is 1. The smallest absolute Gasteiger partial charge is 0.223 e. The Morgan fingerprint density at radius 1 is 1.69 bits per heavy atom. The fourth-order valence-corrected chi connectivity index (χ4v) is 1.74. The minimum absolute atomic E-state index is 0.100. The minimum atomic E-state index is 0.100. The molecular weight excluding hydrogens is 186 g/mol. The van der Waals surface area contributed by atoms with Gasteiger partial charge in [-0.25, -0.2) is 0 Å². The molecule has 1 fully saturated rings. The number of carbonyl (C=O) groups excluding carboxylic acids is 1. The third-order valence-electron chi connectivity index (χ3n) is 2.55. The molecular formula is C10H18ClNO. The highest BCUT2D eigenvalue weighted by Crippen LogP contribution is 2.37. The summed E-state index contributed by atoms with van der Waals surface area (Å²) in [6.45, 7) is 4.83. The summed E-state index contributed by atoms with van der Waals surface area (Å²) >= 11 is 5.97. The Morgan fingerprint density at radius 3 is 2.77 bits per heavy atom. The number of alkyl halides is 1. The number of carbonyl (C=O) groups is 1. The van der Waals surface area contributed by atoms with Crippen molar-refractivity contribution >= 4 is 17.5 Å². The van der Waals surface area contributed by atoms with Crippen LogP contribution in [0, 0.1) is 11.8 Å². The average molecular weight is 204 g/mol. The molecule has 1 aliphatic carbocycles. The van der Waals surface area contributed by atoms with E-state index < -0.39 is 0 Å². The first-order valence-corrected chi connectivity index (χ1v) is 5.50. The van der Waals surface area contributed by atoms with Gasteiger partial charge in [0.1, 0.15) is 0 Å². The van der Waals surface area contributed by atoms with E-state index in [4.69, 9.17) is 11.6 Å². The van der Waals surface area contributed by atoms with Crippen molar-refractivity contribution in [3.8, 4) is 0 Å². The molecule has 3 unspecified atom stereocenters. The molecule has 3 atom stereocenters. The van der Waals surface area contributed by atoms with Crippen molar-refractivity contribution in [3.05, 3.63) is 0 Å². The fraction of sp³-hybridized carbons (Fsp3) is 0.900. The molecule has 0 bridgehead atoms. The van der Waals surface area contributed by atoms with E-state index in [0.29, 0.717) is 12.5 Å². The molecule has 1 saturated carbocycles. The van der Waals surface area contributed by atoms with Crippen LogP contribution in [0.3, 0.4) is 0 Å². The number of hydrogen-bond acceptors (Lipinski definition) is 1. The van der Waals surface area contributed by atoms with Gasteiger partial charge >= 0.3 is 0 Å². The zero-order valence-electron chi connectivity index (χ0n) is 8.35. The molecule has 0 saturated heterocycles. The first kappa shape index (κ1) is 10.8. The summed E-state index contributed by atoms with van der Waals surface area (Å²) in [5.74, 6) is 1.04. The van der Waals surface area contributed by atoms with Crippen molar-refractivity contribution < 1.29 is 4.79 Å². The quantitative estimate of drug-likeness (QED) is 0.682. The molecule has 76 valence electrons. The Balaban J connectivity index is 2.08. The second kappa shape index (κ2) is 4.85. The monoisotopic (exact) mass is 203 g/mol. The van der Waals surface area contributed by atoms with Gasteiger partial charge in [0, 0.05) is 12.5 Å². The molecule has 0 aromatic rings. The lowest BCUT2D eigenvalue weighted by Gasteiger charge is -2.09. The van der Waals surface area contributed by atoms with Crippen LogP contribution in [-0.2, 0) is 4.79 Å². The molecule has 1 rings (SSSR count). The second-order valence-corrected chi connectivity index (χ2v) is 4.57. The summed E-state index contributed by atoms with van der Waals surface area (Å²) < 4.78 is 0. The van der Waals surface area contributed by atoms with E-state index in [9.17, 15) is 4.79 Å². The summed E-state index contributed by atoms with van der Waals surface area (Å²) in [4.78, 5) is 11.4. The molecule has 2 nitrogen and oxygen atoms in total. The number of nitrogens with one attached hydrogen (secondary N) is 1. The van der Waals surface area contributed by atoms with Crippen LogP contribution in [0.5, 0.6) is 0 Å². The number of amides is 1. The molecule has 13 heavy (non-hydrogen) atoms. The molecule has 0 spiro atoms. The third-order valence-corrected chi connectivity index (χ3v) is 2.92. The van der Waals surface area contributed by atoms with Crippen LogP contribution < -0.4 is 5.32 Å². The highest BCUT2D eigenvalue weighted by Gasteiger charge is 2.38. The summed E-state index contributed by atoms with van der Waals surface area (Å²) in [5, 5.41) is 2.99. The summed E-state index contributed by atoms with van der Waals surface area (Å²) in [7, 11) is 0. The fourth-order valence-electron chi connectivity index (χ4n) is 1.45. The van der Waals surface area contributed by atoms with Crippen LogP contribution >= 0.6 is 11.6 Å². The average Bonchev–Trinajstić information content (AvgIpc) is 2.79. The predicted molar refractivity (Wildman–Crippen MR) is 54.8 cm³/mol. The zero-order chi connectivity index (χ0) is 9.84. The maximum atomic E-state index is 11.4. The summed E-state index contributed by atoms with van der Waals surface area (Å²) in [6.07, 6.45) is 3.10. The number of rotatable bonds is 5. The Hall–Kier alpha value is -0.240. The topological polar surface area (TPSA) is 29.1 Å². The number of halogens is 1. The highest BCUT2D eigenvalue weighted by atomic mass is 35.5. The van der Waals surface area contributed by atoms with E-state index in [1.807, 2.05) is 0 Å². The highest BCUT2D eigenvalue weighted by molar-refractivity contribution is 6.20. The van der Waals surface area contributed by atoms with Crippen LogP contribution in [0.15, 0.2) is 0 Å². The summed E-state index contributed by atoms with van der Waals surface area (Å²) in [5.41, 5.74) is 0. The molecule has 0 aromatic heterocycles. The molecule has 0 aliphatic heterocycles. The van der Waals surface area contributed by atoms with Gasteiger partial charge in [-0.15, -0.1) is 11.6 Å². The van der Waals surface area contributed by atoms with Gasteiger partial charge in [-0.1, -0.05) is 20.3 Å². The van der Waals surface area contributed by atoms with Crippen LogP contribution in [0.1, 0.15) is 33.1 Å². The zero-order valence-corrected chi connectivity index (χ0v) is 9.10. The maximum Gasteiger partial charge on any atom is 0.223 e. The standard InChI is InChI=1S/C10H18ClNO/c1-3-4-8(11)6-12-10(13)9-5-7(9)2/h7-9H,3-6H2,1-2H3,(H,12,13). The van der Waals surface area contributed by atoms with E-state index in [2.05, 4.69) is 19.2 Å². The molecule has 1 N–H and O–H groups in total. The van der Waals surface area contributed by atoms with Gasteiger partial charge in [-0.05, 0) is 18.8 Å². The normalized spacial score (nSPS) is 28.2. The van der Waals surface area contributed by atoms with Crippen molar-refractivity contribution in [1.29, 1.82) is 0 Å². The predicted octanol–water partition coefficient (Wildman–Crippen LogP) is 2.17. The van der Waals surface area contributed by atoms with Gasteiger partial charge < -0.3 is 5.32 Å². The third kappa shape index (κ3) is 3.55. The van der Waals surface area contributed by atoms with Crippen molar-refractivity contribution in [2.24, 2.45) is 11.8 Å². The lowest BCUT2D eigenvalue weighted by molar-refractivity contribution is -0.122. The van der Waals surface area contributed by atoms with E-state index in [1.165, 1.54) is 0 Å². The molecule has 0 heterocycles. The Bertz CT molecular complexity index is 184.